The van der Waals surface area contributed by atoms with E-state index in [2.05, 4.69) is 29.4 Å². The number of hydrogen-bond acceptors (Lipinski definition) is 4. The molecule has 0 bridgehead atoms. The van der Waals surface area contributed by atoms with Crippen LogP contribution in [0.25, 0.3) is 0 Å². The number of rotatable bonds is 8. The Bertz CT molecular complexity index is 607. The third-order valence-electron chi connectivity index (χ3n) is 3.26. The van der Waals surface area contributed by atoms with Crippen molar-refractivity contribution >= 4 is 34.8 Å². The summed E-state index contributed by atoms with van der Waals surface area (Å²) in [5, 5.41) is 15.5. The largest absolute Gasteiger partial charge is 0.388 e. The Morgan fingerprint density at radius 2 is 2.04 bits per heavy atom. The van der Waals surface area contributed by atoms with Crippen LogP contribution in [0.1, 0.15) is 13.8 Å². The van der Waals surface area contributed by atoms with Crippen molar-refractivity contribution in [3.63, 3.8) is 0 Å². The minimum atomic E-state index is -0.521. The second kappa shape index (κ2) is 10.1. The van der Waals surface area contributed by atoms with Gasteiger partial charge in [0.1, 0.15) is 11.6 Å². The second-order valence-electron chi connectivity index (χ2n) is 4.73. The SMILES string of the molecule is CCN(CC)CCN/C=C(/C#N)C(=O)Nc1ccc(Cl)cc1Cl. The summed E-state index contributed by atoms with van der Waals surface area (Å²) in [7, 11) is 0. The van der Waals surface area contributed by atoms with Crippen LogP contribution < -0.4 is 10.6 Å². The fourth-order valence-electron chi connectivity index (χ4n) is 1.87. The number of carbonyl (C=O) groups excluding carboxylic acids is 1. The molecule has 0 aliphatic rings. The van der Waals surface area contributed by atoms with Crippen molar-refractivity contribution in [1.29, 1.82) is 5.26 Å². The van der Waals surface area contributed by atoms with Crippen LogP contribution in [-0.2, 0) is 4.79 Å². The maximum atomic E-state index is 12.1. The molecule has 0 aromatic heterocycles. The summed E-state index contributed by atoms with van der Waals surface area (Å²) in [5.74, 6) is -0.521. The van der Waals surface area contributed by atoms with Gasteiger partial charge in [-0.3, -0.25) is 4.79 Å². The Morgan fingerprint density at radius 3 is 2.61 bits per heavy atom. The minimum absolute atomic E-state index is 0.0180. The van der Waals surface area contributed by atoms with Crippen molar-refractivity contribution < 1.29 is 4.79 Å². The van der Waals surface area contributed by atoms with Crippen LogP contribution in [0.3, 0.4) is 0 Å². The van der Waals surface area contributed by atoms with Crippen molar-refractivity contribution in [1.82, 2.24) is 10.2 Å². The van der Waals surface area contributed by atoms with Gasteiger partial charge in [0.05, 0.1) is 10.7 Å². The molecule has 0 heterocycles. The average Bonchev–Trinajstić information content (AvgIpc) is 2.53. The van der Waals surface area contributed by atoms with Crippen molar-refractivity contribution in [2.24, 2.45) is 0 Å². The minimum Gasteiger partial charge on any atom is -0.388 e. The van der Waals surface area contributed by atoms with E-state index in [0.717, 1.165) is 19.6 Å². The molecule has 0 aliphatic heterocycles. The summed E-state index contributed by atoms with van der Waals surface area (Å²) in [6, 6.07) is 6.60. The molecule has 5 nitrogen and oxygen atoms in total. The quantitative estimate of drug-likeness (QED) is 0.427. The highest BCUT2D eigenvalue weighted by molar-refractivity contribution is 6.36. The predicted molar refractivity (Wildman–Crippen MR) is 94.6 cm³/mol. The van der Waals surface area contributed by atoms with Gasteiger partial charge in [0, 0.05) is 24.3 Å². The highest BCUT2D eigenvalue weighted by atomic mass is 35.5. The standard InChI is InChI=1S/C16H20Cl2N4O/c1-3-22(4-2)8-7-20-11-12(10-19)16(23)21-15-6-5-13(17)9-14(15)18/h5-6,9,11,20H,3-4,7-8H2,1-2H3,(H,21,23)/b12-11-. The van der Waals surface area contributed by atoms with Gasteiger partial charge in [-0.05, 0) is 31.3 Å². The van der Waals surface area contributed by atoms with Gasteiger partial charge in [-0.1, -0.05) is 37.0 Å². The lowest BCUT2D eigenvalue weighted by Crippen LogP contribution is -2.30. The molecule has 23 heavy (non-hydrogen) atoms. The molecular weight excluding hydrogens is 335 g/mol. The van der Waals surface area contributed by atoms with Crippen LogP contribution in [-0.4, -0.2) is 37.0 Å². The van der Waals surface area contributed by atoms with Crippen LogP contribution in [0.5, 0.6) is 0 Å². The van der Waals surface area contributed by atoms with E-state index in [1.54, 1.807) is 12.1 Å². The molecule has 1 amide bonds. The Kier molecular flexibility index (Phi) is 8.49. The zero-order valence-corrected chi connectivity index (χ0v) is 14.7. The second-order valence-corrected chi connectivity index (χ2v) is 5.57. The number of anilines is 1. The van der Waals surface area contributed by atoms with Crippen LogP contribution in [0, 0.1) is 11.3 Å². The molecular formula is C16H20Cl2N4O. The molecule has 0 saturated carbocycles. The van der Waals surface area contributed by atoms with Crippen LogP contribution >= 0.6 is 23.2 Å². The molecule has 1 aromatic carbocycles. The van der Waals surface area contributed by atoms with E-state index in [0.29, 0.717) is 22.3 Å². The molecule has 1 rings (SSSR count). The van der Waals surface area contributed by atoms with Gasteiger partial charge in [-0.15, -0.1) is 0 Å². The van der Waals surface area contributed by atoms with Crippen LogP contribution in [0.2, 0.25) is 10.0 Å². The summed E-state index contributed by atoms with van der Waals surface area (Å²) in [5.41, 5.74) is 0.390. The normalized spacial score (nSPS) is 11.2. The first-order valence-corrected chi connectivity index (χ1v) is 8.09. The van der Waals surface area contributed by atoms with E-state index in [1.807, 2.05) is 6.07 Å². The summed E-state index contributed by atoms with van der Waals surface area (Å²) < 4.78 is 0. The number of benzene rings is 1. The van der Waals surface area contributed by atoms with E-state index in [4.69, 9.17) is 28.5 Å². The molecule has 0 unspecified atom stereocenters. The van der Waals surface area contributed by atoms with Crippen molar-refractivity contribution in [3.05, 3.63) is 40.0 Å². The highest BCUT2D eigenvalue weighted by Crippen LogP contribution is 2.25. The summed E-state index contributed by atoms with van der Waals surface area (Å²) in [6.07, 6.45) is 1.42. The molecule has 124 valence electrons. The molecule has 1 aromatic rings. The predicted octanol–water partition coefficient (Wildman–Crippen LogP) is 3.27. The van der Waals surface area contributed by atoms with Gasteiger partial charge in [0.2, 0.25) is 0 Å². The molecule has 7 heteroatoms. The monoisotopic (exact) mass is 354 g/mol. The Labute approximate surface area is 146 Å². The van der Waals surface area contributed by atoms with Crippen LogP contribution in [0.4, 0.5) is 5.69 Å². The van der Waals surface area contributed by atoms with Gasteiger partial charge in [0.15, 0.2) is 0 Å². The average molecular weight is 355 g/mol. The lowest BCUT2D eigenvalue weighted by molar-refractivity contribution is -0.112. The Hall–Kier alpha value is -1.74. The van der Waals surface area contributed by atoms with E-state index < -0.39 is 5.91 Å². The van der Waals surface area contributed by atoms with E-state index in [9.17, 15) is 4.79 Å². The highest BCUT2D eigenvalue weighted by Gasteiger charge is 2.11. The van der Waals surface area contributed by atoms with Crippen molar-refractivity contribution in [2.75, 3.05) is 31.5 Å². The molecule has 0 fully saturated rings. The summed E-state index contributed by atoms with van der Waals surface area (Å²) in [6.45, 7) is 7.59. The van der Waals surface area contributed by atoms with E-state index in [1.165, 1.54) is 12.3 Å². The zero-order chi connectivity index (χ0) is 17.2. The maximum absolute atomic E-state index is 12.1. The summed E-state index contributed by atoms with van der Waals surface area (Å²) >= 11 is 11.8. The first-order chi connectivity index (χ1) is 11.0. The topological polar surface area (TPSA) is 68.2 Å². The Morgan fingerprint density at radius 1 is 1.35 bits per heavy atom. The molecule has 0 atom stereocenters. The Balaban J connectivity index is 2.61. The number of amides is 1. The molecule has 0 aliphatic carbocycles. The molecule has 0 saturated heterocycles. The van der Waals surface area contributed by atoms with Gasteiger partial charge in [-0.25, -0.2) is 0 Å². The van der Waals surface area contributed by atoms with E-state index in [-0.39, 0.29) is 5.57 Å². The van der Waals surface area contributed by atoms with Gasteiger partial charge >= 0.3 is 0 Å². The van der Waals surface area contributed by atoms with Crippen molar-refractivity contribution in [2.45, 2.75) is 13.8 Å². The fraction of sp³-hybridized carbons (Fsp3) is 0.375. The number of hydrogen-bond donors (Lipinski definition) is 2. The lowest BCUT2D eigenvalue weighted by Gasteiger charge is -2.17. The zero-order valence-electron chi connectivity index (χ0n) is 13.2. The smallest absolute Gasteiger partial charge is 0.267 e. The molecule has 0 spiro atoms. The number of nitrogens with one attached hydrogen (secondary N) is 2. The third kappa shape index (κ3) is 6.49. The first-order valence-electron chi connectivity index (χ1n) is 7.34. The molecule has 2 N–H and O–H groups in total. The van der Waals surface area contributed by atoms with Gasteiger partial charge in [-0.2, -0.15) is 5.26 Å². The van der Waals surface area contributed by atoms with Gasteiger partial charge in [0.25, 0.3) is 5.91 Å². The first kappa shape index (κ1) is 19.3. The number of halogens is 2. The number of nitriles is 1. The van der Waals surface area contributed by atoms with Crippen molar-refractivity contribution in [3.8, 4) is 6.07 Å². The number of carbonyl (C=O) groups is 1. The van der Waals surface area contributed by atoms with E-state index >= 15 is 0 Å². The van der Waals surface area contributed by atoms with Crippen LogP contribution in [0.15, 0.2) is 30.0 Å². The number of nitrogens with zero attached hydrogens (tertiary/aromatic N) is 2. The summed E-state index contributed by atoms with van der Waals surface area (Å²) in [4.78, 5) is 14.3. The molecule has 0 radical (unpaired) electrons. The van der Waals surface area contributed by atoms with Gasteiger partial charge < -0.3 is 15.5 Å². The lowest BCUT2D eigenvalue weighted by atomic mass is 10.2. The maximum Gasteiger partial charge on any atom is 0.267 e. The number of likely N-dealkylation sites (N-methyl/N-ethyl adjacent to an activating group) is 1. The fourth-order valence-corrected chi connectivity index (χ4v) is 2.32. The third-order valence-corrected chi connectivity index (χ3v) is 3.81.